The van der Waals surface area contributed by atoms with E-state index in [-0.39, 0.29) is 41.4 Å². The van der Waals surface area contributed by atoms with Crippen LogP contribution in [0.5, 0.6) is 0 Å². The van der Waals surface area contributed by atoms with Crippen LogP contribution in [0.1, 0.15) is 18.2 Å². The molecule has 37 heavy (non-hydrogen) atoms. The first-order valence-corrected chi connectivity index (χ1v) is 14.9. The number of nitrogens with one attached hydrogen (secondary N) is 1. The van der Waals surface area contributed by atoms with Gasteiger partial charge in [0.05, 0.1) is 36.1 Å². The molecule has 22 heteroatoms. The molecule has 18 nitrogen and oxygen atoms in total. The number of H-pyrrole nitrogens is 1. The van der Waals surface area contributed by atoms with Crippen molar-refractivity contribution in [1.82, 2.24) is 14.5 Å². The highest BCUT2D eigenvalue weighted by Gasteiger charge is 2.39. The number of hydrogen-bond acceptors (Lipinski definition) is 16. The van der Waals surface area contributed by atoms with Crippen molar-refractivity contribution in [2.45, 2.75) is 24.9 Å². The van der Waals surface area contributed by atoms with Crippen LogP contribution in [-0.4, -0.2) is 50.7 Å². The minimum Gasteiger partial charge on any atom is -0.756 e. The third-order valence-electron chi connectivity index (χ3n) is 4.61. The second kappa shape index (κ2) is 11.7. The van der Waals surface area contributed by atoms with E-state index >= 15 is 0 Å². The molecule has 6 N–H and O–H groups in total. The Kier molecular flexibility index (Phi) is 9.44. The molecule has 3 heterocycles. The summed E-state index contributed by atoms with van der Waals surface area (Å²) in [5.74, 6) is 5.02. The molecule has 0 saturated carbocycles. The van der Waals surface area contributed by atoms with Crippen molar-refractivity contribution in [1.29, 1.82) is 0 Å². The Morgan fingerprint density at radius 1 is 1.30 bits per heavy atom. The SMILES string of the molecule is NCC#Cc1cn([C@H]2CC(OCS)[C@@H](COP(=O)([O-])OP(=O)([O-])OP(=O)([O-])O)O2)c2nc(N)[nH]c(=O)c12. The summed E-state index contributed by atoms with van der Waals surface area (Å²) in [7, 11) is -17.7. The van der Waals surface area contributed by atoms with E-state index in [0.717, 1.165) is 0 Å². The van der Waals surface area contributed by atoms with Gasteiger partial charge in [-0.2, -0.15) is 17.6 Å². The van der Waals surface area contributed by atoms with E-state index in [9.17, 15) is 33.2 Å². The molecule has 4 unspecified atom stereocenters. The smallest absolute Gasteiger partial charge is 0.280 e. The highest BCUT2D eigenvalue weighted by atomic mass is 32.1. The molecule has 2 aromatic heterocycles. The zero-order chi connectivity index (χ0) is 27.6. The molecule has 1 saturated heterocycles. The lowest BCUT2D eigenvalue weighted by atomic mass is 10.2. The zero-order valence-electron chi connectivity index (χ0n) is 18.3. The molecule has 1 aliphatic heterocycles. The molecule has 0 aromatic carbocycles. The molecule has 1 fully saturated rings. The maximum Gasteiger partial charge on any atom is 0.280 e. The highest BCUT2D eigenvalue weighted by molar-refractivity contribution is 7.80. The normalized spacial score (nSPS) is 24.6. The van der Waals surface area contributed by atoms with Gasteiger partial charge < -0.3 is 49.6 Å². The number of thiol groups is 1. The maximum absolute atomic E-state index is 12.5. The first-order chi connectivity index (χ1) is 17.1. The van der Waals surface area contributed by atoms with Crippen LogP contribution in [0.25, 0.3) is 11.0 Å². The molecular formula is C15H19N5O13P3S-3. The van der Waals surface area contributed by atoms with E-state index in [1.807, 2.05) is 0 Å². The predicted octanol–water partition coefficient (Wildman–Crippen LogP) is -2.38. The zero-order valence-corrected chi connectivity index (χ0v) is 21.9. The van der Waals surface area contributed by atoms with Gasteiger partial charge in [-0.3, -0.25) is 23.5 Å². The van der Waals surface area contributed by atoms with E-state index in [4.69, 9.17) is 25.8 Å². The highest BCUT2D eigenvalue weighted by Crippen LogP contribution is 2.61. The van der Waals surface area contributed by atoms with Crippen LogP contribution in [0.3, 0.4) is 0 Å². The van der Waals surface area contributed by atoms with Crippen molar-refractivity contribution in [2.75, 3.05) is 24.8 Å². The average Bonchev–Trinajstić information content (AvgIpc) is 3.29. The van der Waals surface area contributed by atoms with Gasteiger partial charge in [-0.25, -0.2) is 8.62 Å². The van der Waals surface area contributed by atoms with Crippen molar-refractivity contribution >= 4 is 53.1 Å². The second-order valence-electron chi connectivity index (χ2n) is 7.13. The molecule has 1 aliphatic rings. The molecule has 0 aliphatic carbocycles. The van der Waals surface area contributed by atoms with Gasteiger partial charge >= 0.3 is 0 Å². The lowest BCUT2D eigenvalue weighted by Crippen LogP contribution is -2.29. The maximum atomic E-state index is 12.5. The average molecular weight is 602 g/mol. The van der Waals surface area contributed by atoms with Crippen molar-refractivity contribution < 1.29 is 55.9 Å². The van der Waals surface area contributed by atoms with Crippen molar-refractivity contribution in [3.05, 3.63) is 22.1 Å². The number of aromatic nitrogens is 3. The van der Waals surface area contributed by atoms with Gasteiger partial charge in [0, 0.05) is 12.6 Å². The summed E-state index contributed by atoms with van der Waals surface area (Å²) in [6, 6.07) is 0. The summed E-state index contributed by atoms with van der Waals surface area (Å²) in [4.78, 5) is 61.3. The fourth-order valence-electron chi connectivity index (χ4n) is 3.38. The van der Waals surface area contributed by atoms with Gasteiger partial charge in [-0.05, 0) is 0 Å². The Morgan fingerprint density at radius 2 is 2.00 bits per heavy atom. The molecule has 0 amide bonds. The van der Waals surface area contributed by atoms with Gasteiger partial charge in [0.25, 0.3) is 29.0 Å². The van der Waals surface area contributed by atoms with Gasteiger partial charge in [0.2, 0.25) is 5.95 Å². The number of anilines is 1. The Bertz CT molecular complexity index is 1410. The summed E-state index contributed by atoms with van der Waals surface area (Å²) >= 11 is 3.96. The van der Waals surface area contributed by atoms with E-state index in [0.29, 0.717) is 0 Å². The number of nitrogen functional groups attached to an aromatic ring is 1. The van der Waals surface area contributed by atoms with E-state index < -0.39 is 54.1 Å². The standard InChI is InChI=1S/C15H22N5O13P3S/c16-3-1-2-8-5-20(13-12(8)14(21)19-15(17)18-13)11-4-9(29-7-37)10(31-11)6-30-35(25,26)33-36(27,28)32-34(22,23)24/h5,9-11,37H,3-4,6-7,16H2,(H,25,26)(H,27,28)(H2,22,23,24)(H3,17,18,19,21)/p-3/t9?,10-,11-/m1/s1. The number of nitrogens with zero attached hydrogens (tertiary/aromatic N) is 2. The lowest BCUT2D eigenvalue weighted by Gasteiger charge is -2.33. The number of nitrogens with two attached hydrogens (primary N) is 2. The first kappa shape index (κ1) is 30.0. The first-order valence-electron chi connectivity index (χ1n) is 9.85. The quantitative estimate of drug-likeness (QED) is 0.0821. The van der Waals surface area contributed by atoms with Crippen LogP contribution >= 0.6 is 36.1 Å². The fraction of sp³-hybridized carbons (Fsp3) is 0.467. The summed E-state index contributed by atoms with van der Waals surface area (Å²) in [5.41, 5.74) is 10.8. The monoisotopic (exact) mass is 602 g/mol. The molecule has 2 aromatic rings. The molecule has 0 radical (unpaired) electrons. The molecule has 206 valence electrons. The van der Waals surface area contributed by atoms with Crippen molar-refractivity contribution in [3.63, 3.8) is 0 Å². The van der Waals surface area contributed by atoms with Crippen LogP contribution in [0.4, 0.5) is 5.95 Å². The van der Waals surface area contributed by atoms with Gasteiger partial charge in [-0.1, -0.05) is 11.8 Å². The second-order valence-corrected chi connectivity index (χ2v) is 11.7. The topological polar surface area (TPSA) is 289 Å². The largest absolute Gasteiger partial charge is 0.756 e. The number of hydrogen-bond donors (Lipinski definition) is 5. The van der Waals surface area contributed by atoms with E-state index in [2.05, 4.69) is 47.6 Å². The predicted molar refractivity (Wildman–Crippen MR) is 121 cm³/mol. The number of phosphoric acid groups is 3. The molecule has 0 bridgehead atoms. The summed E-state index contributed by atoms with van der Waals surface area (Å²) in [6.45, 7) is -0.855. The van der Waals surface area contributed by atoms with Crippen molar-refractivity contribution in [3.8, 4) is 11.8 Å². The number of rotatable bonds is 10. The Morgan fingerprint density at radius 3 is 2.62 bits per heavy atom. The van der Waals surface area contributed by atoms with Crippen LogP contribution in [-0.2, 0) is 36.3 Å². The lowest BCUT2D eigenvalue weighted by molar-refractivity contribution is -0.250. The number of ether oxygens (including phenoxy) is 2. The third-order valence-corrected chi connectivity index (χ3v) is 8.45. The van der Waals surface area contributed by atoms with Crippen LogP contribution < -0.4 is 31.7 Å². The minimum atomic E-state index is -6.07. The molecule has 0 spiro atoms. The van der Waals surface area contributed by atoms with Crippen LogP contribution in [0.15, 0.2) is 11.0 Å². The Hall–Kier alpha value is -1.58. The Balaban J connectivity index is 1.84. The van der Waals surface area contributed by atoms with Crippen molar-refractivity contribution in [2.24, 2.45) is 5.73 Å². The number of phosphoric ester groups is 1. The summed E-state index contributed by atoms with van der Waals surface area (Å²) < 4.78 is 57.8. The van der Waals surface area contributed by atoms with Crippen LogP contribution in [0, 0.1) is 11.8 Å². The molecular weight excluding hydrogens is 583 g/mol. The molecule has 3 rings (SSSR count). The van der Waals surface area contributed by atoms with E-state index in [1.165, 1.54) is 10.8 Å². The minimum absolute atomic E-state index is 0.00745. The number of fused-ring (bicyclic) bond motifs is 1. The summed E-state index contributed by atoms with van der Waals surface area (Å²) in [6.07, 6.45) is -1.47. The van der Waals surface area contributed by atoms with E-state index in [1.54, 1.807) is 0 Å². The van der Waals surface area contributed by atoms with Gasteiger partial charge in [0.15, 0.2) is 5.65 Å². The third kappa shape index (κ3) is 7.96. The summed E-state index contributed by atoms with van der Waals surface area (Å²) in [5, 5.41) is 0.0910. The Labute approximate surface area is 213 Å². The fourth-order valence-corrected chi connectivity index (χ4v) is 6.47. The van der Waals surface area contributed by atoms with Gasteiger partial charge in [-0.15, -0.1) is 0 Å². The number of aromatic amines is 1. The van der Waals surface area contributed by atoms with Gasteiger partial charge in [0.1, 0.15) is 12.3 Å². The molecule has 6 atom stereocenters. The van der Waals surface area contributed by atoms with Crippen LogP contribution in [0.2, 0.25) is 0 Å².